The van der Waals surface area contributed by atoms with Gasteiger partial charge in [0.15, 0.2) is 11.6 Å². The molecule has 1 aromatic rings. The van der Waals surface area contributed by atoms with Crippen LogP contribution in [-0.2, 0) is 19.5 Å². The monoisotopic (exact) mass is 191 g/mol. The smallest absolute Gasteiger partial charge is 0.159 e. The predicted molar refractivity (Wildman–Crippen MR) is 30.8 cm³/mol. The van der Waals surface area contributed by atoms with E-state index in [4.69, 9.17) is 0 Å². The van der Waals surface area contributed by atoms with Gasteiger partial charge in [-0.2, -0.15) is 0 Å². The molecule has 0 N–H and O–H groups in total. The Hall–Kier alpha value is -0.297. The van der Waals surface area contributed by atoms with Gasteiger partial charge in [0, 0.05) is 19.5 Å². The summed E-state index contributed by atoms with van der Waals surface area (Å²) < 4.78 is 24.3. The Balaban J connectivity index is 0.000000810. The first-order valence-electron chi connectivity index (χ1n) is 2.47. The molecule has 0 spiro atoms. The summed E-state index contributed by atoms with van der Waals surface area (Å²) in [5, 5.41) is 0. The van der Waals surface area contributed by atoms with Crippen molar-refractivity contribution in [1.82, 2.24) is 0 Å². The summed E-state index contributed by atoms with van der Waals surface area (Å²) in [6.45, 7) is 3.42. The van der Waals surface area contributed by atoms with Gasteiger partial charge in [-0.25, -0.2) is 8.78 Å². The Morgan fingerprint density at radius 1 is 1.10 bits per heavy atom. The van der Waals surface area contributed by atoms with Crippen LogP contribution < -0.4 is 0 Å². The van der Waals surface area contributed by atoms with Gasteiger partial charge < -0.3 is 0 Å². The molecule has 0 atom stereocenters. The standard InChI is InChI=1S/C7H5F2.Zn/c1-5-2-3-6(8)7(9)4-5;/h2-4H,1H2;. The van der Waals surface area contributed by atoms with Crippen LogP contribution in [0.1, 0.15) is 5.56 Å². The van der Waals surface area contributed by atoms with E-state index in [1.54, 1.807) is 0 Å². The Morgan fingerprint density at radius 3 is 2.10 bits per heavy atom. The number of benzene rings is 1. The van der Waals surface area contributed by atoms with Crippen LogP contribution in [0, 0.1) is 18.6 Å². The molecule has 0 aromatic heterocycles. The van der Waals surface area contributed by atoms with Gasteiger partial charge in [-0.3, -0.25) is 0 Å². The molecule has 0 unspecified atom stereocenters. The second-order valence-electron chi connectivity index (χ2n) is 1.75. The second-order valence-corrected chi connectivity index (χ2v) is 1.75. The van der Waals surface area contributed by atoms with Gasteiger partial charge in [-0.15, -0.1) is 0 Å². The Morgan fingerprint density at radius 2 is 1.70 bits per heavy atom. The maximum absolute atomic E-state index is 12.2. The molecule has 0 fully saturated rings. The van der Waals surface area contributed by atoms with Gasteiger partial charge >= 0.3 is 0 Å². The van der Waals surface area contributed by atoms with Gasteiger partial charge in [0.05, 0.1) is 0 Å². The van der Waals surface area contributed by atoms with Crippen LogP contribution in [0.2, 0.25) is 0 Å². The average Bonchev–Trinajstić information content (AvgIpc) is 1.80. The van der Waals surface area contributed by atoms with Gasteiger partial charge in [-0.05, 0) is 24.6 Å². The van der Waals surface area contributed by atoms with E-state index in [1.807, 2.05) is 0 Å². The fourth-order valence-corrected chi connectivity index (χ4v) is 0.540. The summed E-state index contributed by atoms with van der Waals surface area (Å²) in [6, 6.07) is 3.52. The van der Waals surface area contributed by atoms with Gasteiger partial charge in [0.25, 0.3) is 0 Å². The largest absolute Gasteiger partial charge is 0.204 e. The van der Waals surface area contributed by atoms with E-state index >= 15 is 0 Å². The molecule has 0 saturated carbocycles. The first-order valence-corrected chi connectivity index (χ1v) is 2.47. The molecule has 0 bridgehead atoms. The molecule has 49 valence electrons. The summed E-state index contributed by atoms with van der Waals surface area (Å²) in [5.41, 5.74) is 0.480. The molecule has 3 heteroatoms. The maximum atomic E-state index is 12.2. The quantitative estimate of drug-likeness (QED) is 0.553. The molecule has 0 saturated heterocycles. The summed E-state index contributed by atoms with van der Waals surface area (Å²) in [7, 11) is 0. The van der Waals surface area contributed by atoms with E-state index in [1.165, 1.54) is 6.07 Å². The molecule has 0 amide bonds. The summed E-state index contributed by atoms with van der Waals surface area (Å²) in [4.78, 5) is 0. The van der Waals surface area contributed by atoms with Crippen LogP contribution in [0.15, 0.2) is 18.2 Å². The van der Waals surface area contributed by atoms with Crippen molar-refractivity contribution in [2.24, 2.45) is 0 Å². The van der Waals surface area contributed by atoms with Gasteiger partial charge in [0.2, 0.25) is 0 Å². The maximum Gasteiger partial charge on any atom is 0.159 e. The zero-order chi connectivity index (χ0) is 6.85. The molecule has 0 nitrogen and oxygen atoms in total. The molecule has 10 heavy (non-hydrogen) atoms. The van der Waals surface area contributed by atoms with Crippen LogP contribution >= 0.6 is 0 Å². The zero-order valence-corrected chi connectivity index (χ0v) is 8.37. The van der Waals surface area contributed by atoms with Gasteiger partial charge in [0.1, 0.15) is 0 Å². The zero-order valence-electron chi connectivity index (χ0n) is 5.40. The van der Waals surface area contributed by atoms with Gasteiger partial charge in [-0.1, -0.05) is 6.07 Å². The van der Waals surface area contributed by atoms with Crippen molar-refractivity contribution >= 4 is 0 Å². The number of rotatable bonds is 0. The molecule has 1 radical (unpaired) electrons. The van der Waals surface area contributed by atoms with Crippen molar-refractivity contribution in [2.45, 2.75) is 0 Å². The molecule has 0 aliphatic carbocycles. The molecule has 0 aliphatic heterocycles. The van der Waals surface area contributed by atoms with Crippen LogP contribution in [0.25, 0.3) is 0 Å². The van der Waals surface area contributed by atoms with Crippen molar-refractivity contribution in [3.8, 4) is 0 Å². The SMILES string of the molecule is [CH2]c1ccc(F)c(F)c1.[Zn]. The normalized spacial score (nSPS) is 8.70. The number of halogens is 2. The Bertz CT molecular complexity index is 223. The van der Waals surface area contributed by atoms with E-state index in [9.17, 15) is 8.78 Å². The first-order chi connectivity index (χ1) is 4.20. The summed E-state index contributed by atoms with van der Waals surface area (Å²) in [6.07, 6.45) is 0. The average molecular weight is 193 g/mol. The van der Waals surface area contributed by atoms with Crippen LogP contribution in [-0.4, -0.2) is 0 Å². The molecular formula is C7H5F2Zn. The Labute approximate surface area is 71.0 Å². The molecule has 1 rings (SSSR count). The van der Waals surface area contributed by atoms with E-state index in [-0.39, 0.29) is 19.5 Å². The summed E-state index contributed by atoms with van der Waals surface area (Å²) in [5.74, 6) is -1.68. The molecule has 1 aromatic carbocycles. The topological polar surface area (TPSA) is 0 Å². The summed E-state index contributed by atoms with van der Waals surface area (Å²) >= 11 is 0. The van der Waals surface area contributed by atoms with Crippen LogP contribution in [0.5, 0.6) is 0 Å². The number of hydrogen-bond donors (Lipinski definition) is 0. The van der Waals surface area contributed by atoms with Crippen LogP contribution in [0.4, 0.5) is 8.78 Å². The van der Waals surface area contributed by atoms with E-state index in [0.717, 1.165) is 12.1 Å². The van der Waals surface area contributed by atoms with E-state index < -0.39 is 11.6 Å². The van der Waals surface area contributed by atoms with E-state index in [0.29, 0.717) is 5.56 Å². The third kappa shape index (κ3) is 2.15. The van der Waals surface area contributed by atoms with Crippen LogP contribution in [0.3, 0.4) is 0 Å². The fraction of sp³-hybridized carbons (Fsp3) is 0. The minimum Gasteiger partial charge on any atom is -0.204 e. The molecule has 0 heterocycles. The van der Waals surface area contributed by atoms with Crippen molar-refractivity contribution in [1.29, 1.82) is 0 Å². The number of hydrogen-bond acceptors (Lipinski definition) is 0. The minimum atomic E-state index is -0.845. The third-order valence-electron chi connectivity index (χ3n) is 0.984. The van der Waals surface area contributed by atoms with Crippen molar-refractivity contribution in [3.63, 3.8) is 0 Å². The predicted octanol–water partition coefficient (Wildman–Crippen LogP) is 2.14. The van der Waals surface area contributed by atoms with Crippen molar-refractivity contribution in [2.75, 3.05) is 0 Å². The Kier molecular flexibility index (Phi) is 3.66. The first kappa shape index (κ1) is 9.70. The minimum absolute atomic E-state index is 0. The third-order valence-corrected chi connectivity index (χ3v) is 0.984. The van der Waals surface area contributed by atoms with Crippen molar-refractivity contribution < 1.29 is 28.3 Å². The molecule has 0 aliphatic rings. The van der Waals surface area contributed by atoms with Crippen molar-refractivity contribution in [3.05, 3.63) is 42.3 Å². The second kappa shape index (κ2) is 3.77. The van der Waals surface area contributed by atoms with E-state index in [2.05, 4.69) is 6.92 Å². The fourth-order valence-electron chi connectivity index (χ4n) is 0.540. The molecular weight excluding hydrogens is 187 g/mol.